The predicted molar refractivity (Wildman–Crippen MR) is 98.1 cm³/mol. The van der Waals surface area contributed by atoms with Crippen LogP contribution in [0.4, 0.5) is 0 Å². The molecule has 0 radical (unpaired) electrons. The monoisotopic (exact) mass is 353 g/mol. The maximum Gasteiger partial charge on any atom is 0.260 e. The van der Waals surface area contributed by atoms with E-state index in [1.165, 1.54) is 11.1 Å². The van der Waals surface area contributed by atoms with E-state index in [1.54, 1.807) is 0 Å². The first-order valence-electron chi connectivity index (χ1n) is 8.56. The maximum atomic E-state index is 12.4. The summed E-state index contributed by atoms with van der Waals surface area (Å²) < 4.78 is 5.68. The summed E-state index contributed by atoms with van der Waals surface area (Å²) in [7, 11) is 0. The molecule has 1 aromatic carbocycles. The molecule has 0 bridgehead atoms. The fourth-order valence-corrected chi connectivity index (χ4v) is 3.35. The Bertz CT molecular complexity index is 561. The summed E-state index contributed by atoms with van der Waals surface area (Å²) in [4.78, 5) is 16.8. The molecule has 2 aliphatic rings. The lowest BCUT2D eigenvalue weighted by Gasteiger charge is -2.32. The van der Waals surface area contributed by atoms with Crippen molar-refractivity contribution in [1.29, 1.82) is 0 Å². The predicted octanol–water partition coefficient (Wildman–Crippen LogP) is 1.61. The number of nitrogens with one attached hydrogen (secondary N) is 1. The smallest absolute Gasteiger partial charge is 0.260 e. The van der Waals surface area contributed by atoms with Gasteiger partial charge in [0.25, 0.3) is 5.91 Å². The summed E-state index contributed by atoms with van der Waals surface area (Å²) in [5.41, 5.74) is 2.43. The first kappa shape index (κ1) is 19.0. The number of carbonyl (C=O) groups excluding carboxylic acids is 1. The number of nitrogens with zero attached hydrogens (tertiary/aromatic N) is 2. The number of benzene rings is 1. The summed E-state index contributed by atoms with van der Waals surface area (Å²) in [6, 6.07) is 6.48. The van der Waals surface area contributed by atoms with E-state index in [2.05, 4.69) is 24.1 Å². The molecular formula is C18H28ClN3O2. The first-order chi connectivity index (χ1) is 11.1. The van der Waals surface area contributed by atoms with Crippen molar-refractivity contribution in [2.24, 2.45) is 0 Å². The molecule has 2 saturated heterocycles. The third-order valence-corrected chi connectivity index (χ3v) is 5.02. The van der Waals surface area contributed by atoms with Crippen LogP contribution in [0.3, 0.4) is 0 Å². The highest BCUT2D eigenvalue weighted by molar-refractivity contribution is 5.85. The van der Waals surface area contributed by atoms with Gasteiger partial charge in [-0.15, -0.1) is 12.4 Å². The van der Waals surface area contributed by atoms with Gasteiger partial charge in [-0.2, -0.15) is 0 Å². The fraction of sp³-hybridized carbons (Fsp3) is 0.611. The molecule has 24 heavy (non-hydrogen) atoms. The molecule has 1 amide bonds. The van der Waals surface area contributed by atoms with E-state index in [0.29, 0.717) is 6.04 Å². The van der Waals surface area contributed by atoms with E-state index in [0.717, 1.165) is 51.4 Å². The molecule has 0 aliphatic carbocycles. The van der Waals surface area contributed by atoms with Crippen molar-refractivity contribution in [3.8, 4) is 5.75 Å². The molecule has 134 valence electrons. The number of aryl methyl sites for hydroxylation is 2. The van der Waals surface area contributed by atoms with Gasteiger partial charge in [-0.25, -0.2) is 0 Å². The van der Waals surface area contributed by atoms with Gasteiger partial charge in [-0.1, -0.05) is 6.07 Å². The standard InChI is InChI=1S/C18H27N3O2.ClH/c1-14-3-4-17(11-15(14)2)23-13-18(22)21-8-5-16(12-21)20-9-6-19-7-10-20;/h3-4,11,16,19H,5-10,12-13H2,1-2H3;1H. The van der Waals surface area contributed by atoms with Gasteiger partial charge >= 0.3 is 0 Å². The Hall–Kier alpha value is -1.30. The van der Waals surface area contributed by atoms with Crippen LogP contribution in [0.15, 0.2) is 18.2 Å². The minimum Gasteiger partial charge on any atom is -0.484 e. The molecular weight excluding hydrogens is 326 g/mol. The van der Waals surface area contributed by atoms with Gasteiger partial charge < -0.3 is 15.0 Å². The summed E-state index contributed by atoms with van der Waals surface area (Å²) in [6.07, 6.45) is 1.08. The molecule has 2 aliphatic heterocycles. The lowest BCUT2D eigenvalue weighted by atomic mass is 10.1. The minimum atomic E-state index is 0. The summed E-state index contributed by atoms with van der Waals surface area (Å²) in [5.74, 6) is 0.875. The average Bonchev–Trinajstić information content (AvgIpc) is 3.06. The van der Waals surface area contributed by atoms with Crippen molar-refractivity contribution in [1.82, 2.24) is 15.1 Å². The molecule has 6 heteroatoms. The van der Waals surface area contributed by atoms with Crippen LogP contribution in [-0.2, 0) is 4.79 Å². The lowest BCUT2D eigenvalue weighted by Crippen LogP contribution is -2.49. The number of rotatable bonds is 4. The number of carbonyl (C=O) groups is 1. The third kappa shape index (κ3) is 4.62. The highest BCUT2D eigenvalue weighted by Crippen LogP contribution is 2.18. The molecule has 0 spiro atoms. The van der Waals surface area contributed by atoms with Crippen molar-refractivity contribution in [2.75, 3.05) is 45.9 Å². The van der Waals surface area contributed by atoms with Gasteiger partial charge in [-0.3, -0.25) is 9.69 Å². The summed E-state index contributed by atoms with van der Waals surface area (Å²) >= 11 is 0. The second-order valence-electron chi connectivity index (χ2n) is 6.60. The van der Waals surface area contributed by atoms with Crippen LogP contribution < -0.4 is 10.1 Å². The number of amides is 1. The molecule has 1 N–H and O–H groups in total. The number of likely N-dealkylation sites (tertiary alicyclic amines) is 1. The van der Waals surface area contributed by atoms with Crippen LogP contribution in [0.5, 0.6) is 5.75 Å². The fourth-order valence-electron chi connectivity index (χ4n) is 3.35. The van der Waals surface area contributed by atoms with Gasteiger partial charge in [0.05, 0.1) is 0 Å². The number of hydrogen-bond donors (Lipinski definition) is 1. The zero-order valence-electron chi connectivity index (χ0n) is 14.6. The second-order valence-corrected chi connectivity index (χ2v) is 6.60. The zero-order valence-corrected chi connectivity index (χ0v) is 15.4. The van der Waals surface area contributed by atoms with Gasteiger partial charge in [0.2, 0.25) is 0 Å². The van der Waals surface area contributed by atoms with Gasteiger partial charge in [0.15, 0.2) is 6.61 Å². The molecule has 3 rings (SSSR count). The Kier molecular flexibility index (Phi) is 6.90. The van der Waals surface area contributed by atoms with Crippen molar-refractivity contribution in [3.63, 3.8) is 0 Å². The zero-order chi connectivity index (χ0) is 16.2. The Balaban J connectivity index is 0.00000208. The van der Waals surface area contributed by atoms with Crippen LogP contribution in [0.25, 0.3) is 0 Å². The minimum absolute atomic E-state index is 0. The van der Waals surface area contributed by atoms with Gasteiger partial charge in [-0.05, 0) is 43.5 Å². The Morgan fingerprint density at radius 1 is 1.21 bits per heavy atom. The van der Waals surface area contributed by atoms with Crippen molar-refractivity contribution < 1.29 is 9.53 Å². The molecule has 1 atom stereocenters. The maximum absolute atomic E-state index is 12.4. The SMILES string of the molecule is Cc1ccc(OCC(=O)N2CCC(N3CCNCC3)C2)cc1C.Cl. The largest absolute Gasteiger partial charge is 0.484 e. The second kappa shape index (κ2) is 8.70. The number of piperazine rings is 1. The molecule has 1 unspecified atom stereocenters. The van der Waals surface area contributed by atoms with Crippen LogP contribution in [0.2, 0.25) is 0 Å². The molecule has 2 fully saturated rings. The Labute approximate surface area is 150 Å². The topological polar surface area (TPSA) is 44.8 Å². The highest BCUT2D eigenvalue weighted by Gasteiger charge is 2.30. The van der Waals surface area contributed by atoms with E-state index in [9.17, 15) is 4.79 Å². The number of ether oxygens (including phenoxy) is 1. The van der Waals surface area contributed by atoms with E-state index in [-0.39, 0.29) is 24.9 Å². The van der Waals surface area contributed by atoms with E-state index in [4.69, 9.17) is 4.74 Å². The molecule has 0 saturated carbocycles. The van der Waals surface area contributed by atoms with Crippen molar-refractivity contribution in [3.05, 3.63) is 29.3 Å². The van der Waals surface area contributed by atoms with E-state index in [1.807, 2.05) is 23.1 Å². The van der Waals surface area contributed by atoms with Gasteiger partial charge in [0, 0.05) is 45.3 Å². The van der Waals surface area contributed by atoms with Crippen LogP contribution in [-0.4, -0.2) is 67.6 Å². The Morgan fingerprint density at radius 2 is 1.96 bits per heavy atom. The summed E-state index contributed by atoms with van der Waals surface area (Å²) in [5, 5.41) is 3.38. The number of hydrogen-bond acceptors (Lipinski definition) is 4. The molecule has 5 nitrogen and oxygen atoms in total. The molecule has 2 heterocycles. The first-order valence-corrected chi connectivity index (χ1v) is 8.56. The van der Waals surface area contributed by atoms with E-state index < -0.39 is 0 Å². The van der Waals surface area contributed by atoms with Crippen LogP contribution in [0, 0.1) is 13.8 Å². The van der Waals surface area contributed by atoms with Crippen molar-refractivity contribution in [2.45, 2.75) is 26.3 Å². The van der Waals surface area contributed by atoms with Crippen LogP contribution in [0.1, 0.15) is 17.5 Å². The quantitative estimate of drug-likeness (QED) is 0.893. The summed E-state index contributed by atoms with van der Waals surface area (Å²) in [6.45, 7) is 10.3. The molecule has 0 aromatic heterocycles. The molecule has 1 aromatic rings. The van der Waals surface area contributed by atoms with Crippen LogP contribution >= 0.6 is 12.4 Å². The lowest BCUT2D eigenvalue weighted by molar-refractivity contribution is -0.132. The number of halogens is 1. The third-order valence-electron chi connectivity index (χ3n) is 5.02. The highest BCUT2D eigenvalue weighted by atomic mass is 35.5. The normalized spacial score (nSPS) is 21.4. The van der Waals surface area contributed by atoms with Crippen molar-refractivity contribution >= 4 is 18.3 Å². The van der Waals surface area contributed by atoms with Gasteiger partial charge in [0.1, 0.15) is 5.75 Å². The Morgan fingerprint density at radius 3 is 2.67 bits per heavy atom. The van der Waals surface area contributed by atoms with E-state index >= 15 is 0 Å². The average molecular weight is 354 g/mol.